The van der Waals surface area contributed by atoms with Crippen LogP contribution in [0.15, 0.2) is 0 Å². The van der Waals surface area contributed by atoms with Gasteiger partial charge in [0, 0.05) is 4.75 Å². The van der Waals surface area contributed by atoms with E-state index in [2.05, 4.69) is 45.9 Å². The van der Waals surface area contributed by atoms with Crippen LogP contribution in [0, 0.1) is 6.42 Å². The zero-order valence-electron chi connectivity index (χ0n) is 8.31. The Labute approximate surface area is 76.1 Å². The monoisotopic (exact) mass is 173 g/mol. The van der Waals surface area contributed by atoms with E-state index < -0.39 is 0 Å². The molecule has 0 aliphatic rings. The predicted octanol–water partition coefficient (Wildman–Crippen LogP) is 3.91. The Morgan fingerprint density at radius 1 is 1.18 bits per heavy atom. The molecule has 67 valence electrons. The lowest BCUT2D eigenvalue weighted by atomic mass is 10.2. The number of rotatable bonds is 5. The van der Waals surface area contributed by atoms with Crippen molar-refractivity contribution in [2.75, 3.05) is 5.75 Å². The van der Waals surface area contributed by atoms with Crippen LogP contribution in [0.3, 0.4) is 0 Å². The molecule has 0 heterocycles. The number of unbranched alkanes of at least 4 members (excludes halogenated alkanes) is 3. The Morgan fingerprint density at radius 2 is 1.82 bits per heavy atom. The normalized spacial score (nSPS) is 12.0. The fourth-order valence-corrected chi connectivity index (χ4v) is 1.69. The van der Waals surface area contributed by atoms with Crippen molar-refractivity contribution in [3.05, 3.63) is 6.42 Å². The highest BCUT2D eigenvalue weighted by Gasteiger charge is 2.08. The highest BCUT2D eigenvalue weighted by Crippen LogP contribution is 2.24. The Morgan fingerprint density at radius 3 is 2.27 bits per heavy atom. The molecule has 0 saturated carbocycles. The summed E-state index contributed by atoms with van der Waals surface area (Å²) in [6.07, 6.45) is 6.25. The van der Waals surface area contributed by atoms with Gasteiger partial charge in [-0.1, -0.05) is 40.5 Å². The first-order chi connectivity index (χ1) is 5.06. The van der Waals surface area contributed by atoms with Crippen LogP contribution in [0.1, 0.15) is 47.0 Å². The van der Waals surface area contributed by atoms with Crippen molar-refractivity contribution in [1.82, 2.24) is 0 Å². The van der Waals surface area contributed by atoms with Gasteiger partial charge in [-0.15, -0.1) is 0 Å². The summed E-state index contributed by atoms with van der Waals surface area (Å²) in [5.41, 5.74) is 0. The SMILES string of the molecule is CCC[CH]CCSC(C)(C)C. The van der Waals surface area contributed by atoms with Gasteiger partial charge in [0.1, 0.15) is 0 Å². The molecule has 0 aliphatic carbocycles. The Bertz CT molecular complexity index is 81.4. The molecular weight excluding hydrogens is 152 g/mol. The molecule has 0 aliphatic heterocycles. The molecule has 0 amide bonds. The van der Waals surface area contributed by atoms with E-state index in [-0.39, 0.29) is 0 Å². The molecule has 1 heteroatoms. The minimum atomic E-state index is 0.444. The third-order valence-corrected chi connectivity index (χ3v) is 2.66. The first-order valence-electron chi connectivity index (χ1n) is 4.52. The van der Waals surface area contributed by atoms with E-state index in [4.69, 9.17) is 0 Å². The van der Waals surface area contributed by atoms with E-state index in [1.54, 1.807) is 0 Å². The molecule has 0 atom stereocenters. The lowest BCUT2D eigenvalue weighted by Gasteiger charge is -2.16. The molecule has 0 bridgehead atoms. The van der Waals surface area contributed by atoms with Gasteiger partial charge in [0.25, 0.3) is 0 Å². The van der Waals surface area contributed by atoms with E-state index in [1.807, 2.05) is 0 Å². The summed E-state index contributed by atoms with van der Waals surface area (Å²) < 4.78 is 0.444. The Kier molecular flexibility index (Phi) is 6.12. The van der Waals surface area contributed by atoms with Crippen molar-refractivity contribution in [1.29, 1.82) is 0 Å². The van der Waals surface area contributed by atoms with Crippen molar-refractivity contribution in [3.8, 4) is 0 Å². The van der Waals surface area contributed by atoms with Gasteiger partial charge in [-0.3, -0.25) is 0 Å². The summed E-state index contributed by atoms with van der Waals surface area (Å²) in [4.78, 5) is 0. The molecule has 0 aromatic carbocycles. The molecule has 0 unspecified atom stereocenters. The van der Waals surface area contributed by atoms with Crippen molar-refractivity contribution >= 4 is 11.8 Å². The second-order valence-corrected chi connectivity index (χ2v) is 5.75. The first kappa shape index (κ1) is 11.4. The second kappa shape index (κ2) is 5.93. The highest BCUT2D eigenvalue weighted by atomic mass is 32.2. The van der Waals surface area contributed by atoms with E-state index >= 15 is 0 Å². The quantitative estimate of drug-likeness (QED) is 0.568. The van der Waals surface area contributed by atoms with Gasteiger partial charge in [0.2, 0.25) is 0 Å². The van der Waals surface area contributed by atoms with E-state index in [9.17, 15) is 0 Å². The van der Waals surface area contributed by atoms with Crippen LogP contribution in [0.4, 0.5) is 0 Å². The summed E-state index contributed by atoms with van der Waals surface area (Å²) >= 11 is 2.05. The Balaban J connectivity index is 3.02. The molecule has 0 spiro atoms. The third-order valence-electron chi connectivity index (χ3n) is 1.35. The van der Waals surface area contributed by atoms with E-state index in [0.717, 1.165) is 0 Å². The summed E-state index contributed by atoms with van der Waals surface area (Å²) in [6.45, 7) is 9.06. The van der Waals surface area contributed by atoms with E-state index in [1.165, 1.54) is 25.0 Å². The van der Waals surface area contributed by atoms with Crippen molar-refractivity contribution in [3.63, 3.8) is 0 Å². The largest absolute Gasteiger partial charge is 0.156 e. The summed E-state index contributed by atoms with van der Waals surface area (Å²) in [7, 11) is 0. The van der Waals surface area contributed by atoms with Gasteiger partial charge in [0.15, 0.2) is 0 Å². The number of hydrogen-bond acceptors (Lipinski definition) is 1. The fraction of sp³-hybridized carbons (Fsp3) is 0.900. The van der Waals surface area contributed by atoms with Crippen LogP contribution in [-0.2, 0) is 0 Å². The van der Waals surface area contributed by atoms with Gasteiger partial charge in [0.05, 0.1) is 0 Å². The predicted molar refractivity (Wildman–Crippen MR) is 56.0 cm³/mol. The minimum Gasteiger partial charge on any atom is -0.156 e. The lowest BCUT2D eigenvalue weighted by molar-refractivity contribution is 0.797. The molecule has 1 radical (unpaired) electrons. The molecule has 0 N–H and O–H groups in total. The number of thioether (sulfide) groups is 1. The Hall–Kier alpha value is 0.350. The van der Waals surface area contributed by atoms with Gasteiger partial charge >= 0.3 is 0 Å². The smallest absolute Gasteiger partial charge is 0.00750 e. The zero-order valence-corrected chi connectivity index (χ0v) is 9.13. The maximum absolute atomic E-state index is 2.40. The topological polar surface area (TPSA) is 0 Å². The summed E-state index contributed by atoms with van der Waals surface area (Å²) in [5, 5.41) is 0. The zero-order chi connectivity index (χ0) is 8.74. The molecule has 0 nitrogen and oxygen atoms in total. The third kappa shape index (κ3) is 10.4. The summed E-state index contributed by atoms with van der Waals surface area (Å²) in [6, 6.07) is 0. The van der Waals surface area contributed by atoms with Crippen LogP contribution < -0.4 is 0 Å². The number of hydrogen-bond donors (Lipinski definition) is 0. The molecule has 0 aromatic heterocycles. The van der Waals surface area contributed by atoms with Crippen LogP contribution in [0.25, 0.3) is 0 Å². The minimum absolute atomic E-state index is 0.444. The summed E-state index contributed by atoms with van der Waals surface area (Å²) in [5.74, 6) is 1.28. The van der Waals surface area contributed by atoms with Crippen molar-refractivity contribution < 1.29 is 0 Å². The van der Waals surface area contributed by atoms with Gasteiger partial charge < -0.3 is 0 Å². The maximum Gasteiger partial charge on any atom is 0.00750 e. The average molecular weight is 173 g/mol. The van der Waals surface area contributed by atoms with Crippen molar-refractivity contribution in [2.45, 2.75) is 51.7 Å². The maximum atomic E-state index is 2.40. The van der Waals surface area contributed by atoms with Gasteiger partial charge in [-0.05, 0) is 18.6 Å². The molecule has 11 heavy (non-hydrogen) atoms. The van der Waals surface area contributed by atoms with Crippen LogP contribution in [-0.4, -0.2) is 10.5 Å². The standard InChI is InChI=1S/C10H21S/c1-5-6-7-8-9-11-10(2,3)4/h7H,5-6,8-9H2,1-4H3. The van der Waals surface area contributed by atoms with Crippen molar-refractivity contribution in [2.24, 2.45) is 0 Å². The molecule has 0 aromatic rings. The fourth-order valence-electron chi connectivity index (χ4n) is 0.797. The second-order valence-electron chi connectivity index (χ2n) is 3.83. The van der Waals surface area contributed by atoms with Crippen LogP contribution >= 0.6 is 11.8 Å². The molecule has 0 fully saturated rings. The first-order valence-corrected chi connectivity index (χ1v) is 5.50. The van der Waals surface area contributed by atoms with Crippen LogP contribution in [0.2, 0.25) is 0 Å². The molecule has 0 rings (SSSR count). The molecule has 0 saturated heterocycles. The van der Waals surface area contributed by atoms with Crippen LogP contribution in [0.5, 0.6) is 0 Å². The van der Waals surface area contributed by atoms with E-state index in [0.29, 0.717) is 4.75 Å². The molecular formula is C10H21S. The lowest BCUT2D eigenvalue weighted by Crippen LogP contribution is -2.08. The van der Waals surface area contributed by atoms with Gasteiger partial charge in [-0.2, -0.15) is 11.8 Å². The highest BCUT2D eigenvalue weighted by molar-refractivity contribution is 8.00. The van der Waals surface area contributed by atoms with Gasteiger partial charge in [-0.25, -0.2) is 0 Å². The average Bonchev–Trinajstić information content (AvgIpc) is 1.85.